The number of hydrogen-bond donors (Lipinski definition) is 0. The van der Waals surface area contributed by atoms with Gasteiger partial charge < -0.3 is 18.9 Å². The largest absolute Gasteiger partial charge is 0.497 e. The van der Waals surface area contributed by atoms with Crippen molar-refractivity contribution in [2.24, 2.45) is 4.99 Å². The molecule has 0 spiro atoms. The number of fused-ring (bicyclic) bond motifs is 1. The van der Waals surface area contributed by atoms with Crippen LogP contribution >= 0.6 is 38.9 Å². The quantitative estimate of drug-likeness (QED) is 0.163. The lowest BCUT2D eigenvalue weighted by atomic mass is 9.93. The van der Waals surface area contributed by atoms with Gasteiger partial charge in [0, 0.05) is 16.1 Å². The fourth-order valence-corrected chi connectivity index (χ4v) is 6.84. The van der Waals surface area contributed by atoms with Crippen molar-refractivity contribution in [2.45, 2.75) is 39.3 Å². The van der Waals surface area contributed by atoms with Crippen LogP contribution in [0, 0.1) is 0 Å². The number of thiazole rings is 1. The molecule has 0 saturated heterocycles. The van der Waals surface area contributed by atoms with Crippen molar-refractivity contribution in [3.05, 3.63) is 118 Å². The van der Waals surface area contributed by atoms with Crippen LogP contribution in [0.15, 0.2) is 86.2 Å². The zero-order chi connectivity index (χ0) is 32.1. The van der Waals surface area contributed by atoms with Crippen molar-refractivity contribution in [3.8, 4) is 17.2 Å². The number of hydrogen-bond acceptors (Lipinski definition) is 8. The predicted molar refractivity (Wildman–Crippen MR) is 179 cm³/mol. The maximum Gasteiger partial charge on any atom is 0.338 e. The second kappa shape index (κ2) is 14.5. The van der Waals surface area contributed by atoms with E-state index in [2.05, 4.69) is 15.9 Å². The summed E-state index contributed by atoms with van der Waals surface area (Å²) in [6.45, 7) is 4.26. The van der Waals surface area contributed by atoms with Gasteiger partial charge in [-0.05, 0) is 77.3 Å². The fourth-order valence-electron chi connectivity index (χ4n) is 5.11. The summed E-state index contributed by atoms with van der Waals surface area (Å²) in [6, 6.07) is 17.6. The lowest BCUT2D eigenvalue weighted by Gasteiger charge is -2.27. The summed E-state index contributed by atoms with van der Waals surface area (Å²) in [4.78, 5) is 33.0. The van der Waals surface area contributed by atoms with Crippen LogP contribution in [0.5, 0.6) is 17.2 Å². The van der Waals surface area contributed by atoms with E-state index in [1.54, 1.807) is 50.0 Å². The number of benzene rings is 3. The van der Waals surface area contributed by atoms with Crippen molar-refractivity contribution in [1.82, 2.24) is 4.57 Å². The smallest absolute Gasteiger partial charge is 0.338 e. The minimum Gasteiger partial charge on any atom is -0.497 e. The van der Waals surface area contributed by atoms with Gasteiger partial charge in [-0.25, -0.2) is 9.79 Å². The molecule has 1 aliphatic heterocycles. The molecule has 1 atom stereocenters. The number of nitrogens with zero attached hydrogens (tertiary/aromatic N) is 2. The van der Waals surface area contributed by atoms with Crippen LogP contribution in [0.2, 0.25) is 5.02 Å². The Balaban J connectivity index is 1.62. The number of carbonyl (C=O) groups is 1. The standard InChI is InChI=1S/C34H32BrClN2O6S/c1-5-9-26-30(33(40)43-6-2)31(23-18-22(41-3)13-15-27(23)42-4)38-32(39)29(45-34(38)37-26)17-20-12-14-28(24(35)16-20)44-19-21-10-7-8-11-25(21)36/h7-8,10-18,31H,5-6,9,19H2,1-4H3/b29-17-/t31-/m0/s1. The molecule has 0 saturated carbocycles. The van der Waals surface area contributed by atoms with E-state index in [9.17, 15) is 9.59 Å². The van der Waals surface area contributed by atoms with Gasteiger partial charge in [-0.3, -0.25) is 9.36 Å². The molecule has 8 nitrogen and oxygen atoms in total. The number of carbonyl (C=O) groups excluding carboxylic acids is 1. The van der Waals surface area contributed by atoms with E-state index in [-0.39, 0.29) is 12.2 Å². The van der Waals surface area contributed by atoms with Crippen LogP contribution in [-0.4, -0.2) is 31.4 Å². The molecule has 0 unspecified atom stereocenters. The van der Waals surface area contributed by atoms with Gasteiger partial charge in [0.2, 0.25) is 0 Å². The highest BCUT2D eigenvalue weighted by Gasteiger charge is 2.36. The van der Waals surface area contributed by atoms with Gasteiger partial charge in [0.25, 0.3) is 5.56 Å². The molecular formula is C34H32BrClN2O6S. The lowest BCUT2D eigenvalue weighted by Crippen LogP contribution is -2.40. The molecule has 5 rings (SSSR count). The Kier molecular flexibility index (Phi) is 10.5. The van der Waals surface area contributed by atoms with E-state index in [0.717, 1.165) is 22.0 Å². The van der Waals surface area contributed by atoms with E-state index < -0.39 is 12.0 Å². The Morgan fingerprint density at radius 2 is 1.84 bits per heavy atom. The number of aromatic nitrogens is 1. The van der Waals surface area contributed by atoms with Crippen molar-refractivity contribution < 1.29 is 23.7 Å². The Hall–Kier alpha value is -3.86. The molecule has 3 aromatic carbocycles. The first kappa shape index (κ1) is 32.5. The SMILES string of the molecule is CCCC1=C(C(=O)OCC)[C@H](c2cc(OC)ccc2OC)n2c(s/c(=C\c3ccc(OCc4ccccc4Cl)c(Br)c3)c2=O)=N1. The van der Waals surface area contributed by atoms with Crippen LogP contribution in [-0.2, 0) is 16.1 Å². The highest BCUT2D eigenvalue weighted by Crippen LogP contribution is 2.39. The number of allylic oxidation sites excluding steroid dienone is 1. The van der Waals surface area contributed by atoms with E-state index in [1.807, 2.05) is 49.4 Å². The monoisotopic (exact) mass is 710 g/mol. The van der Waals surface area contributed by atoms with E-state index in [0.29, 0.717) is 61.5 Å². The molecule has 4 aromatic rings. The second-order valence-corrected chi connectivity index (χ2v) is 12.4. The van der Waals surface area contributed by atoms with Crippen LogP contribution in [0.4, 0.5) is 0 Å². The number of halogens is 2. The fraction of sp³-hybridized carbons (Fsp3) is 0.265. The van der Waals surface area contributed by atoms with E-state index in [4.69, 9.17) is 35.5 Å². The Labute approximate surface area is 278 Å². The first-order valence-corrected chi connectivity index (χ1v) is 16.4. The van der Waals surface area contributed by atoms with Gasteiger partial charge in [0.05, 0.1) is 41.1 Å². The minimum absolute atomic E-state index is 0.182. The average molecular weight is 712 g/mol. The second-order valence-electron chi connectivity index (χ2n) is 10.1. The van der Waals surface area contributed by atoms with Crippen LogP contribution in [0.1, 0.15) is 49.4 Å². The van der Waals surface area contributed by atoms with Crippen molar-refractivity contribution in [2.75, 3.05) is 20.8 Å². The highest BCUT2D eigenvalue weighted by atomic mass is 79.9. The Morgan fingerprint density at radius 3 is 2.53 bits per heavy atom. The molecule has 0 amide bonds. The third kappa shape index (κ3) is 6.88. The molecule has 1 aromatic heterocycles. The highest BCUT2D eigenvalue weighted by molar-refractivity contribution is 9.10. The normalized spacial score (nSPS) is 14.5. The summed E-state index contributed by atoms with van der Waals surface area (Å²) < 4.78 is 25.5. The van der Waals surface area contributed by atoms with Gasteiger partial charge in [0.1, 0.15) is 29.9 Å². The van der Waals surface area contributed by atoms with Crippen LogP contribution < -0.4 is 29.1 Å². The van der Waals surface area contributed by atoms with Gasteiger partial charge in [-0.1, -0.05) is 60.5 Å². The molecule has 0 N–H and O–H groups in total. The van der Waals surface area contributed by atoms with Crippen molar-refractivity contribution >= 4 is 50.9 Å². The summed E-state index contributed by atoms with van der Waals surface area (Å²) in [5, 5.41) is 0.638. The van der Waals surface area contributed by atoms with Gasteiger partial charge in [-0.2, -0.15) is 0 Å². The van der Waals surface area contributed by atoms with Gasteiger partial charge in [0.15, 0.2) is 4.80 Å². The number of ether oxygens (including phenoxy) is 4. The summed E-state index contributed by atoms with van der Waals surface area (Å²) in [5.74, 6) is 1.19. The number of esters is 1. The average Bonchev–Trinajstić information content (AvgIpc) is 3.34. The summed E-state index contributed by atoms with van der Waals surface area (Å²) in [6.07, 6.45) is 3.09. The van der Waals surface area contributed by atoms with E-state index >= 15 is 0 Å². The van der Waals surface area contributed by atoms with Gasteiger partial charge >= 0.3 is 5.97 Å². The molecule has 234 valence electrons. The first-order chi connectivity index (χ1) is 21.8. The predicted octanol–water partition coefficient (Wildman–Crippen LogP) is 6.59. The minimum atomic E-state index is -0.832. The van der Waals surface area contributed by atoms with Crippen molar-refractivity contribution in [1.29, 1.82) is 0 Å². The molecule has 0 radical (unpaired) electrons. The van der Waals surface area contributed by atoms with Crippen LogP contribution in [0.25, 0.3) is 6.08 Å². The molecule has 0 bridgehead atoms. The van der Waals surface area contributed by atoms with Crippen LogP contribution in [0.3, 0.4) is 0 Å². The molecular weight excluding hydrogens is 680 g/mol. The summed E-state index contributed by atoms with van der Waals surface area (Å²) >= 11 is 11.1. The zero-order valence-electron chi connectivity index (χ0n) is 25.3. The van der Waals surface area contributed by atoms with Gasteiger partial charge in [-0.15, -0.1) is 0 Å². The maximum atomic E-state index is 14.2. The van der Waals surface area contributed by atoms with Crippen molar-refractivity contribution in [3.63, 3.8) is 0 Å². The summed E-state index contributed by atoms with van der Waals surface area (Å²) in [7, 11) is 3.11. The molecule has 1 aliphatic rings. The Bertz CT molecular complexity index is 1950. The molecule has 45 heavy (non-hydrogen) atoms. The topological polar surface area (TPSA) is 88.4 Å². The third-order valence-electron chi connectivity index (χ3n) is 7.22. The summed E-state index contributed by atoms with van der Waals surface area (Å²) in [5.41, 5.74) is 2.86. The number of methoxy groups -OCH3 is 2. The molecule has 0 aliphatic carbocycles. The molecule has 11 heteroatoms. The Morgan fingerprint density at radius 1 is 1.07 bits per heavy atom. The third-order valence-corrected chi connectivity index (χ3v) is 9.19. The maximum absolute atomic E-state index is 14.2. The first-order valence-electron chi connectivity index (χ1n) is 14.4. The molecule has 0 fully saturated rings. The van der Waals surface area contributed by atoms with E-state index in [1.165, 1.54) is 11.3 Å². The lowest BCUT2D eigenvalue weighted by molar-refractivity contribution is -0.139. The molecule has 2 heterocycles. The zero-order valence-corrected chi connectivity index (χ0v) is 28.4. The number of rotatable bonds is 11.